The van der Waals surface area contributed by atoms with E-state index in [9.17, 15) is 14.7 Å². The van der Waals surface area contributed by atoms with Gasteiger partial charge in [0.15, 0.2) is 5.76 Å². The number of unbranched alkanes of at least 4 members (excludes halogenated alkanes) is 3. The molecule has 0 spiro atoms. The molecule has 0 saturated heterocycles. The molecule has 1 unspecified atom stereocenters. The molecular weight excluding hydrogens is 436 g/mol. The molecule has 4 aromatic rings. The Morgan fingerprint density at radius 3 is 2.44 bits per heavy atom. The molecule has 8 heteroatoms. The first-order chi connectivity index (χ1) is 16.5. The number of furan rings is 1. The van der Waals surface area contributed by atoms with Crippen LogP contribution in [0.25, 0.3) is 33.8 Å². The van der Waals surface area contributed by atoms with Crippen molar-refractivity contribution in [1.82, 2.24) is 10.1 Å². The van der Waals surface area contributed by atoms with Crippen molar-refractivity contribution in [3.8, 4) is 23.0 Å². The number of benzene rings is 2. The summed E-state index contributed by atoms with van der Waals surface area (Å²) in [5, 5.41) is 24.5. The third-order valence-electron chi connectivity index (χ3n) is 5.92. The van der Waals surface area contributed by atoms with Gasteiger partial charge in [-0.3, -0.25) is 9.59 Å². The largest absolute Gasteiger partial charge is 0.481 e. The smallest absolute Gasteiger partial charge is 0.306 e. The fourth-order valence-corrected chi connectivity index (χ4v) is 4.17. The van der Waals surface area contributed by atoms with Gasteiger partial charge in [-0.15, -0.1) is 0 Å². The van der Waals surface area contributed by atoms with E-state index in [1.807, 2.05) is 36.4 Å². The number of aliphatic carboxylic acids is 2. The van der Waals surface area contributed by atoms with E-state index in [1.165, 1.54) is 0 Å². The molecule has 0 fully saturated rings. The molecule has 0 radical (unpaired) electrons. The van der Waals surface area contributed by atoms with Gasteiger partial charge in [0, 0.05) is 12.0 Å². The Morgan fingerprint density at radius 2 is 1.71 bits per heavy atom. The molecule has 0 aliphatic rings. The molecule has 8 nitrogen and oxygen atoms in total. The van der Waals surface area contributed by atoms with Gasteiger partial charge in [-0.25, -0.2) is 0 Å². The third kappa shape index (κ3) is 5.51. The van der Waals surface area contributed by atoms with Crippen LogP contribution >= 0.6 is 0 Å². The van der Waals surface area contributed by atoms with Crippen LogP contribution in [0.3, 0.4) is 0 Å². The van der Waals surface area contributed by atoms with E-state index in [-0.39, 0.29) is 6.42 Å². The summed E-state index contributed by atoms with van der Waals surface area (Å²) in [5.41, 5.74) is 1.75. The number of carboxylic acids is 2. The summed E-state index contributed by atoms with van der Waals surface area (Å²) in [4.78, 5) is 27.0. The van der Waals surface area contributed by atoms with Crippen molar-refractivity contribution < 1.29 is 28.7 Å². The van der Waals surface area contributed by atoms with Crippen LogP contribution in [-0.2, 0) is 16.0 Å². The van der Waals surface area contributed by atoms with E-state index in [0.717, 1.165) is 41.2 Å². The number of carboxylic acid groups (broad SMARTS) is 2. The van der Waals surface area contributed by atoms with Gasteiger partial charge < -0.3 is 19.2 Å². The number of fused-ring (bicyclic) bond motifs is 1. The van der Waals surface area contributed by atoms with Gasteiger partial charge in [0.2, 0.25) is 5.82 Å². The third-order valence-corrected chi connectivity index (χ3v) is 5.92. The van der Waals surface area contributed by atoms with Crippen LogP contribution in [0.2, 0.25) is 0 Å². The van der Waals surface area contributed by atoms with Crippen LogP contribution in [0.4, 0.5) is 0 Å². The predicted octanol–water partition coefficient (Wildman–Crippen LogP) is 5.82. The first-order valence-corrected chi connectivity index (χ1v) is 11.4. The number of hydrogen-bond donors (Lipinski definition) is 2. The minimum atomic E-state index is -0.819. The van der Waals surface area contributed by atoms with Crippen LogP contribution in [0.5, 0.6) is 0 Å². The topological polar surface area (TPSA) is 127 Å². The van der Waals surface area contributed by atoms with E-state index in [0.29, 0.717) is 36.7 Å². The maximum Gasteiger partial charge on any atom is 0.306 e. The van der Waals surface area contributed by atoms with Crippen LogP contribution in [0, 0.1) is 5.92 Å². The highest BCUT2D eigenvalue weighted by Gasteiger charge is 2.21. The molecule has 34 heavy (non-hydrogen) atoms. The molecular formula is C26H26N2O6. The quantitative estimate of drug-likeness (QED) is 0.252. The molecule has 0 aliphatic carbocycles. The monoisotopic (exact) mass is 462 g/mol. The van der Waals surface area contributed by atoms with E-state index in [4.69, 9.17) is 14.0 Å². The van der Waals surface area contributed by atoms with Crippen molar-refractivity contribution in [1.29, 1.82) is 0 Å². The number of aromatic nitrogens is 2. The Hall–Kier alpha value is -3.94. The maximum absolute atomic E-state index is 11.9. The van der Waals surface area contributed by atoms with E-state index in [2.05, 4.69) is 10.1 Å². The lowest BCUT2D eigenvalue weighted by Gasteiger charge is -2.15. The van der Waals surface area contributed by atoms with Crippen LogP contribution in [0.15, 0.2) is 63.7 Å². The van der Waals surface area contributed by atoms with Crippen molar-refractivity contribution in [3.63, 3.8) is 0 Å². The lowest BCUT2D eigenvalue weighted by Crippen LogP contribution is -2.16. The van der Waals surface area contributed by atoms with Gasteiger partial charge in [0.1, 0.15) is 0 Å². The summed E-state index contributed by atoms with van der Waals surface area (Å²) in [7, 11) is 0. The Balaban J connectivity index is 1.51. The molecule has 0 amide bonds. The number of rotatable bonds is 12. The summed E-state index contributed by atoms with van der Waals surface area (Å²) in [6, 6.07) is 15.1. The highest BCUT2D eigenvalue weighted by atomic mass is 16.5. The molecule has 176 valence electrons. The van der Waals surface area contributed by atoms with E-state index >= 15 is 0 Å². The van der Waals surface area contributed by atoms with Gasteiger partial charge in [-0.05, 0) is 47.7 Å². The first kappa shape index (κ1) is 23.2. The van der Waals surface area contributed by atoms with Crippen molar-refractivity contribution in [2.24, 2.45) is 5.92 Å². The fourth-order valence-electron chi connectivity index (χ4n) is 4.17. The molecule has 2 aromatic heterocycles. The molecule has 0 bridgehead atoms. The number of nitrogens with zero attached hydrogens (tertiary/aromatic N) is 2. The fraction of sp³-hybridized carbons (Fsp3) is 0.308. The molecule has 0 saturated carbocycles. The molecule has 2 aromatic carbocycles. The van der Waals surface area contributed by atoms with E-state index in [1.54, 1.807) is 18.4 Å². The minimum absolute atomic E-state index is 0.157. The Morgan fingerprint density at radius 1 is 0.912 bits per heavy atom. The molecule has 4 rings (SSSR count). The lowest BCUT2D eigenvalue weighted by molar-refractivity contribution is -0.142. The summed E-state index contributed by atoms with van der Waals surface area (Å²) >= 11 is 0. The average Bonchev–Trinajstić information content (AvgIpc) is 3.52. The second-order valence-corrected chi connectivity index (χ2v) is 8.30. The normalized spacial score (nSPS) is 12.1. The molecule has 2 N–H and O–H groups in total. The zero-order valence-electron chi connectivity index (χ0n) is 18.6. The van der Waals surface area contributed by atoms with Crippen LogP contribution < -0.4 is 0 Å². The Bertz CT molecular complexity index is 1260. The lowest BCUT2D eigenvalue weighted by atomic mass is 9.89. The Labute approximate surface area is 196 Å². The van der Waals surface area contributed by atoms with E-state index < -0.39 is 17.9 Å². The summed E-state index contributed by atoms with van der Waals surface area (Å²) < 4.78 is 10.7. The zero-order chi connectivity index (χ0) is 23.9. The minimum Gasteiger partial charge on any atom is -0.481 e. The van der Waals surface area contributed by atoms with Crippen molar-refractivity contribution in [2.45, 2.75) is 44.9 Å². The van der Waals surface area contributed by atoms with Crippen molar-refractivity contribution in [3.05, 3.63) is 60.4 Å². The van der Waals surface area contributed by atoms with Crippen molar-refractivity contribution >= 4 is 22.7 Å². The molecule has 0 aliphatic heterocycles. The predicted molar refractivity (Wildman–Crippen MR) is 125 cm³/mol. The SMILES string of the molecule is O=C(O)CCCCCCC(Cc1ccc(-c2noc(-c3ccco3)n2)c2ccccc12)C(=O)O. The van der Waals surface area contributed by atoms with Gasteiger partial charge in [-0.1, -0.05) is 60.8 Å². The standard InChI is InChI=1S/C26H26N2O6/c29-23(30)12-4-2-1-3-8-18(26(31)32)16-17-13-14-21(20-10-6-5-9-19(17)20)24-27-25(34-28-24)22-11-7-15-33-22/h5-7,9-11,13-15,18H,1-4,8,12,16H2,(H,29,30)(H,31,32). The van der Waals surface area contributed by atoms with Crippen LogP contribution in [0.1, 0.15) is 44.1 Å². The maximum atomic E-state index is 11.9. The summed E-state index contributed by atoms with van der Waals surface area (Å²) in [5.74, 6) is -0.902. The van der Waals surface area contributed by atoms with Gasteiger partial charge >= 0.3 is 11.9 Å². The van der Waals surface area contributed by atoms with Crippen LogP contribution in [-0.4, -0.2) is 32.3 Å². The Kier molecular flexibility index (Phi) is 7.37. The van der Waals surface area contributed by atoms with Gasteiger partial charge in [0.25, 0.3) is 5.89 Å². The molecule has 1 atom stereocenters. The van der Waals surface area contributed by atoms with Gasteiger partial charge in [0.05, 0.1) is 12.2 Å². The number of carbonyl (C=O) groups is 2. The highest BCUT2D eigenvalue weighted by Crippen LogP contribution is 2.32. The first-order valence-electron chi connectivity index (χ1n) is 11.4. The second-order valence-electron chi connectivity index (χ2n) is 8.30. The molecule has 2 heterocycles. The van der Waals surface area contributed by atoms with Crippen molar-refractivity contribution in [2.75, 3.05) is 0 Å². The van der Waals surface area contributed by atoms with Gasteiger partial charge in [-0.2, -0.15) is 4.98 Å². The second kappa shape index (κ2) is 10.8. The summed E-state index contributed by atoms with van der Waals surface area (Å²) in [6.07, 6.45) is 5.66. The highest BCUT2D eigenvalue weighted by molar-refractivity contribution is 5.97. The zero-order valence-corrected chi connectivity index (χ0v) is 18.6. The summed E-state index contributed by atoms with van der Waals surface area (Å²) in [6.45, 7) is 0. The number of hydrogen-bond acceptors (Lipinski definition) is 6. The average molecular weight is 463 g/mol.